The number of anilines is 1. The van der Waals surface area contributed by atoms with Gasteiger partial charge in [0, 0.05) is 50.9 Å². The van der Waals surface area contributed by atoms with Crippen LogP contribution < -0.4 is 10.2 Å². The smallest absolute Gasteiger partial charge is 0.254 e. The summed E-state index contributed by atoms with van der Waals surface area (Å²) < 4.78 is 11.1. The Hall–Kier alpha value is -1.73. The van der Waals surface area contributed by atoms with Crippen LogP contribution in [0.5, 0.6) is 0 Å². The summed E-state index contributed by atoms with van der Waals surface area (Å²) in [6.45, 7) is 5.26. The number of methoxy groups -OCH3 is 1. The molecule has 0 spiro atoms. The van der Waals surface area contributed by atoms with Gasteiger partial charge in [-0.1, -0.05) is 0 Å². The molecule has 2 aliphatic heterocycles. The van der Waals surface area contributed by atoms with E-state index in [-0.39, 0.29) is 24.0 Å². The Kier molecular flexibility index (Phi) is 5.09. The van der Waals surface area contributed by atoms with Gasteiger partial charge in [-0.05, 0) is 32.6 Å². The van der Waals surface area contributed by atoms with Crippen LogP contribution in [0.3, 0.4) is 0 Å². The molecule has 0 aromatic carbocycles. The fraction of sp³-hybridized carbons (Fsp3) is 0.737. The van der Waals surface area contributed by atoms with Gasteiger partial charge in [-0.15, -0.1) is 0 Å². The van der Waals surface area contributed by atoms with Gasteiger partial charge in [0.15, 0.2) is 0 Å². The van der Waals surface area contributed by atoms with Crippen molar-refractivity contribution in [2.45, 2.75) is 44.8 Å². The van der Waals surface area contributed by atoms with Crippen LogP contribution in [0.25, 0.3) is 0 Å². The fourth-order valence-corrected chi connectivity index (χ4v) is 4.59. The predicted octanol–water partition coefficient (Wildman–Crippen LogP) is 1.56. The molecule has 1 amide bonds. The lowest BCUT2D eigenvalue weighted by Gasteiger charge is -2.47. The van der Waals surface area contributed by atoms with Crippen molar-refractivity contribution < 1.29 is 14.3 Å². The minimum atomic E-state index is -0.0934. The summed E-state index contributed by atoms with van der Waals surface area (Å²) in [5.74, 6) is 1.27. The van der Waals surface area contributed by atoms with Crippen LogP contribution in [0.4, 0.5) is 5.95 Å². The molecule has 0 radical (unpaired) electrons. The van der Waals surface area contributed by atoms with Crippen molar-refractivity contribution in [1.29, 1.82) is 0 Å². The number of aromatic nitrogens is 2. The number of hydrogen-bond donors (Lipinski definition) is 1. The van der Waals surface area contributed by atoms with Crippen LogP contribution in [-0.4, -0.2) is 61.4 Å². The van der Waals surface area contributed by atoms with Crippen molar-refractivity contribution in [2.24, 2.45) is 11.8 Å². The molecule has 3 fully saturated rings. The lowest BCUT2D eigenvalue weighted by molar-refractivity contribution is -0.0809. The third kappa shape index (κ3) is 3.18. The molecule has 1 aromatic heterocycles. The second kappa shape index (κ2) is 7.48. The highest BCUT2D eigenvalue weighted by molar-refractivity contribution is 5.95. The zero-order chi connectivity index (χ0) is 18.1. The normalized spacial score (nSPS) is 30.6. The second-order valence-electron chi connectivity index (χ2n) is 7.62. The number of aryl methyl sites for hydroxylation is 1. The van der Waals surface area contributed by atoms with Crippen LogP contribution in [0, 0.1) is 18.8 Å². The standard InChI is InChI=1S/C19H28N4O3/c1-12-14(10-20-19(21-12)23-7-4-3-5-8-23)18(24)22-16-13-6-9-26-17(13)15(16)11-25-2/h10,13,15-17H,3-9,11H2,1-2H3,(H,22,24)/t13-,15+,16-,17-/m0/s1. The van der Waals surface area contributed by atoms with Crippen molar-refractivity contribution in [3.63, 3.8) is 0 Å². The quantitative estimate of drug-likeness (QED) is 0.859. The first-order chi connectivity index (χ1) is 12.7. The highest BCUT2D eigenvalue weighted by atomic mass is 16.5. The van der Waals surface area contributed by atoms with E-state index in [0.717, 1.165) is 37.8 Å². The number of piperidine rings is 1. The van der Waals surface area contributed by atoms with Gasteiger partial charge in [0.25, 0.3) is 5.91 Å². The number of carbonyl (C=O) groups is 1. The molecule has 3 aliphatic rings. The molecule has 0 unspecified atom stereocenters. The maximum Gasteiger partial charge on any atom is 0.254 e. The molecule has 1 saturated carbocycles. The Bertz CT molecular complexity index is 662. The summed E-state index contributed by atoms with van der Waals surface area (Å²) in [6, 6.07) is 0.108. The number of nitrogens with one attached hydrogen (secondary N) is 1. The van der Waals surface area contributed by atoms with Gasteiger partial charge in [0.1, 0.15) is 0 Å². The summed E-state index contributed by atoms with van der Waals surface area (Å²) in [7, 11) is 1.69. The number of fused-ring (bicyclic) bond motifs is 1. The third-order valence-electron chi connectivity index (χ3n) is 6.04. The molecule has 1 aliphatic carbocycles. The van der Waals surface area contributed by atoms with Crippen molar-refractivity contribution in [3.05, 3.63) is 17.5 Å². The molecule has 142 valence electrons. The first-order valence-electron chi connectivity index (χ1n) is 9.69. The number of nitrogens with zero attached hydrogens (tertiary/aromatic N) is 3. The van der Waals surface area contributed by atoms with E-state index in [4.69, 9.17) is 9.47 Å². The molecule has 0 bridgehead atoms. The average molecular weight is 360 g/mol. The zero-order valence-corrected chi connectivity index (χ0v) is 15.6. The molecule has 7 heteroatoms. The van der Waals surface area contributed by atoms with Gasteiger partial charge in [-0.25, -0.2) is 9.97 Å². The van der Waals surface area contributed by atoms with Gasteiger partial charge in [0.2, 0.25) is 5.95 Å². The summed E-state index contributed by atoms with van der Waals surface area (Å²) in [5, 5.41) is 3.19. The topological polar surface area (TPSA) is 76.6 Å². The minimum Gasteiger partial charge on any atom is -0.384 e. The Morgan fingerprint density at radius 2 is 2.19 bits per heavy atom. The molecule has 2 saturated heterocycles. The number of ether oxygens (including phenoxy) is 2. The van der Waals surface area contributed by atoms with Crippen LogP contribution in [0.2, 0.25) is 0 Å². The Morgan fingerprint density at radius 3 is 2.92 bits per heavy atom. The summed E-state index contributed by atoms with van der Waals surface area (Å²) in [4.78, 5) is 24.1. The molecule has 7 nitrogen and oxygen atoms in total. The van der Waals surface area contributed by atoms with Crippen LogP contribution >= 0.6 is 0 Å². The molecular weight excluding hydrogens is 332 g/mol. The summed E-state index contributed by atoms with van der Waals surface area (Å²) in [5.41, 5.74) is 1.30. The van der Waals surface area contributed by atoms with E-state index in [1.807, 2.05) is 6.92 Å². The highest BCUT2D eigenvalue weighted by Gasteiger charge is 2.54. The molecule has 26 heavy (non-hydrogen) atoms. The Morgan fingerprint density at radius 1 is 1.38 bits per heavy atom. The monoisotopic (exact) mass is 360 g/mol. The largest absolute Gasteiger partial charge is 0.384 e. The van der Waals surface area contributed by atoms with Crippen LogP contribution in [-0.2, 0) is 9.47 Å². The summed E-state index contributed by atoms with van der Waals surface area (Å²) in [6.07, 6.45) is 6.52. The Balaban J connectivity index is 1.44. The van der Waals surface area contributed by atoms with Gasteiger partial charge < -0.3 is 19.7 Å². The van der Waals surface area contributed by atoms with E-state index < -0.39 is 0 Å². The molecule has 1 aromatic rings. The lowest BCUT2D eigenvalue weighted by Crippen LogP contribution is -2.62. The fourth-order valence-electron chi connectivity index (χ4n) is 4.59. The van der Waals surface area contributed by atoms with Crippen LogP contribution in [0.1, 0.15) is 41.7 Å². The van der Waals surface area contributed by atoms with Gasteiger partial charge in [-0.2, -0.15) is 0 Å². The van der Waals surface area contributed by atoms with E-state index in [9.17, 15) is 4.79 Å². The maximum atomic E-state index is 12.8. The molecule has 3 heterocycles. The minimum absolute atomic E-state index is 0.0934. The number of rotatable bonds is 5. The number of hydrogen-bond acceptors (Lipinski definition) is 6. The van der Waals surface area contributed by atoms with E-state index in [1.165, 1.54) is 19.3 Å². The third-order valence-corrected chi connectivity index (χ3v) is 6.04. The lowest BCUT2D eigenvalue weighted by atomic mass is 9.67. The van der Waals surface area contributed by atoms with Crippen molar-refractivity contribution >= 4 is 11.9 Å². The number of carbonyl (C=O) groups excluding carboxylic acids is 1. The zero-order valence-electron chi connectivity index (χ0n) is 15.6. The predicted molar refractivity (Wildman–Crippen MR) is 97.3 cm³/mol. The van der Waals surface area contributed by atoms with Crippen molar-refractivity contribution in [1.82, 2.24) is 15.3 Å². The van der Waals surface area contributed by atoms with Crippen molar-refractivity contribution in [3.8, 4) is 0 Å². The first kappa shape index (κ1) is 17.7. The SMILES string of the molecule is COC[C@@H]1[C@@H](NC(=O)c2cnc(N3CCCCC3)nc2C)[C@@H]2CCO[C@H]12. The van der Waals surface area contributed by atoms with Gasteiger partial charge in [0.05, 0.1) is 24.0 Å². The molecule has 4 rings (SSSR count). The molecular formula is C19H28N4O3. The molecule has 4 atom stereocenters. The highest BCUT2D eigenvalue weighted by Crippen LogP contribution is 2.43. The average Bonchev–Trinajstić information content (AvgIpc) is 3.09. The van der Waals surface area contributed by atoms with E-state index in [0.29, 0.717) is 18.1 Å². The second-order valence-corrected chi connectivity index (χ2v) is 7.62. The van der Waals surface area contributed by atoms with E-state index >= 15 is 0 Å². The summed E-state index contributed by atoms with van der Waals surface area (Å²) >= 11 is 0. The van der Waals surface area contributed by atoms with Gasteiger partial charge in [-0.3, -0.25) is 4.79 Å². The van der Waals surface area contributed by atoms with E-state index in [1.54, 1.807) is 13.3 Å². The number of amides is 1. The van der Waals surface area contributed by atoms with E-state index in [2.05, 4.69) is 20.2 Å². The maximum absolute atomic E-state index is 12.8. The molecule has 1 N–H and O–H groups in total. The van der Waals surface area contributed by atoms with Crippen LogP contribution in [0.15, 0.2) is 6.20 Å². The Labute approximate surface area is 154 Å². The first-order valence-corrected chi connectivity index (χ1v) is 9.69. The van der Waals surface area contributed by atoms with Gasteiger partial charge >= 0.3 is 0 Å². The van der Waals surface area contributed by atoms with Crippen molar-refractivity contribution in [2.75, 3.05) is 38.3 Å².